The Bertz CT molecular complexity index is 253. The average molecular weight is 194 g/mol. The van der Waals surface area contributed by atoms with E-state index < -0.39 is 0 Å². The third-order valence-corrected chi connectivity index (χ3v) is 2.24. The number of rotatable bonds is 5. The Hall–Kier alpha value is -1.00. The molecule has 0 saturated carbocycles. The predicted molar refractivity (Wildman–Crippen MR) is 56.5 cm³/mol. The van der Waals surface area contributed by atoms with Crippen LogP contribution in [0, 0.1) is 0 Å². The van der Waals surface area contributed by atoms with Crippen LogP contribution in [-0.2, 0) is 13.1 Å². The van der Waals surface area contributed by atoms with E-state index in [1.807, 2.05) is 12.4 Å². The highest BCUT2D eigenvalue weighted by Crippen LogP contribution is 2.01. The van der Waals surface area contributed by atoms with Crippen LogP contribution in [0.2, 0.25) is 0 Å². The topological polar surface area (TPSA) is 55.0 Å². The molecule has 0 aliphatic carbocycles. The molecule has 0 bridgehead atoms. The summed E-state index contributed by atoms with van der Waals surface area (Å²) in [6, 6.07) is 0. The van der Waals surface area contributed by atoms with Crippen LogP contribution in [0.25, 0.3) is 0 Å². The van der Waals surface area contributed by atoms with Gasteiger partial charge in [0.1, 0.15) is 5.82 Å². The summed E-state index contributed by atoms with van der Waals surface area (Å²) in [6.45, 7) is 7.73. The first kappa shape index (κ1) is 11.1. The van der Waals surface area contributed by atoms with Crippen LogP contribution in [0.15, 0.2) is 12.4 Å². The molecule has 1 heterocycles. The summed E-state index contributed by atoms with van der Waals surface area (Å²) in [4.78, 5) is 10.6. The monoisotopic (exact) mass is 194 g/mol. The Balaban J connectivity index is 2.58. The molecule has 0 aliphatic rings. The van der Waals surface area contributed by atoms with E-state index in [0.717, 1.165) is 25.2 Å². The van der Waals surface area contributed by atoms with Crippen LogP contribution in [0.4, 0.5) is 0 Å². The molecule has 0 amide bonds. The molecule has 0 saturated heterocycles. The second kappa shape index (κ2) is 5.67. The normalized spacial score (nSPS) is 10.9. The van der Waals surface area contributed by atoms with E-state index in [0.29, 0.717) is 12.4 Å². The van der Waals surface area contributed by atoms with Gasteiger partial charge in [0.05, 0.1) is 6.54 Å². The first-order chi connectivity index (χ1) is 6.80. The van der Waals surface area contributed by atoms with Gasteiger partial charge in [-0.05, 0) is 13.1 Å². The molecule has 0 unspecified atom stereocenters. The minimum Gasteiger partial charge on any atom is -0.324 e. The lowest BCUT2D eigenvalue weighted by Crippen LogP contribution is -2.22. The standard InChI is InChI=1S/C10H18N4/c1-3-14(4-2)8-9-6-12-10(5-11)13-7-9/h6-7H,3-5,8,11H2,1-2H3. The van der Waals surface area contributed by atoms with Crippen LogP contribution in [0.5, 0.6) is 0 Å². The summed E-state index contributed by atoms with van der Waals surface area (Å²) in [5.74, 6) is 0.702. The molecule has 0 spiro atoms. The maximum absolute atomic E-state index is 5.42. The van der Waals surface area contributed by atoms with Gasteiger partial charge in [-0.1, -0.05) is 13.8 Å². The predicted octanol–water partition coefficient (Wildman–Crippen LogP) is 0.777. The molecule has 2 N–H and O–H groups in total. The van der Waals surface area contributed by atoms with Gasteiger partial charge in [-0.15, -0.1) is 0 Å². The molecule has 1 rings (SSSR count). The highest BCUT2D eigenvalue weighted by molar-refractivity contribution is 5.04. The minimum absolute atomic E-state index is 0.408. The number of hydrogen-bond donors (Lipinski definition) is 1. The van der Waals surface area contributed by atoms with Gasteiger partial charge in [-0.2, -0.15) is 0 Å². The van der Waals surface area contributed by atoms with Crippen molar-refractivity contribution in [1.29, 1.82) is 0 Å². The van der Waals surface area contributed by atoms with Crippen molar-refractivity contribution in [1.82, 2.24) is 14.9 Å². The summed E-state index contributed by atoms with van der Waals surface area (Å²) in [7, 11) is 0. The Morgan fingerprint density at radius 1 is 1.21 bits per heavy atom. The van der Waals surface area contributed by atoms with Crippen molar-refractivity contribution in [2.45, 2.75) is 26.9 Å². The highest BCUT2D eigenvalue weighted by atomic mass is 15.1. The lowest BCUT2D eigenvalue weighted by molar-refractivity contribution is 0.295. The Morgan fingerprint density at radius 3 is 2.21 bits per heavy atom. The van der Waals surface area contributed by atoms with Crippen LogP contribution < -0.4 is 5.73 Å². The largest absolute Gasteiger partial charge is 0.324 e. The van der Waals surface area contributed by atoms with E-state index in [-0.39, 0.29) is 0 Å². The van der Waals surface area contributed by atoms with Crippen molar-refractivity contribution in [3.05, 3.63) is 23.8 Å². The van der Waals surface area contributed by atoms with Gasteiger partial charge in [-0.3, -0.25) is 4.90 Å². The molecular weight excluding hydrogens is 176 g/mol. The summed E-state index contributed by atoms with van der Waals surface area (Å²) in [5.41, 5.74) is 6.56. The summed E-state index contributed by atoms with van der Waals surface area (Å²) >= 11 is 0. The first-order valence-corrected chi connectivity index (χ1v) is 5.02. The Morgan fingerprint density at radius 2 is 1.79 bits per heavy atom. The first-order valence-electron chi connectivity index (χ1n) is 5.02. The molecule has 78 valence electrons. The van der Waals surface area contributed by atoms with Gasteiger partial charge >= 0.3 is 0 Å². The quantitative estimate of drug-likeness (QED) is 0.752. The second-order valence-electron chi connectivity index (χ2n) is 3.17. The van der Waals surface area contributed by atoms with Crippen molar-refractivity contribution in [3.8, 4) is 0 Å². The number of nitrogens with zero attached hydrogens (tertiary/aromatic N) is 3. The number of hydrogen-bond acceptors (Lipinski definition) is 4. The highest BCUT2D eigenvalue weighted by Gasteiger charge is 2.01. The van der Waals surface area contributed by atoms with E-state index in [1.165, 1.54) is 0 Å². The summed E-state index contributed by atoms with van der Waals surface area (Å²) < 4.78 is 0. The molecule has 1 aromatic heterocycles. The third-order valence-electron chi connectivity index (χ3n) is 2.24. The Labute approximate surface area is 85.2 Å². The molecule has 0 radical (unpaired) electrons. The molecule has 0 aliphatic heterocycles. The molecule has 0 atom stereocenters. The van der Waals surface area contributed by atoms with Gasteiger partial charge < -0.3 is 5.73 Å². The molecule has 4 heteroatoms. The average Bonchev–Trinajstić information content (AvgIpc) is 2.26. The second-order valence-corrected chi connectivity index (χ2v) is 3.17. The molecule has 14 heavy (non-hydrogen) atoms. The van der Waals surface area contributed by atoms with E-state index in [9.17, 15) is 0 Å². The maximum Gasteiger partial charge on any atom is 0.141 e. The van der Waals surface area contributed by atoms with E-state index in [4.69, 9.17) is 5.73 Å². The smallest absolute Gasteiger partial charge is 0.141 e. The zero-order valence-corrected chi connectivity index (χ0v) is 8.90. The van der Waals surface area contributed by atoms with Crippen molar-refractivity contribution in [2.75, 3.05) is 13.1 Å². The van der Waals surface area contributed by atoms with Crippen LogP contribution >= 0.6 is 0 Å². The van der Waals surface area contributed by atoms with Crippen molar-refractivity contribution in [3.63, 3.8) is 0 Å². The van der Waals surface area contributed by atoms with Gasteiger partial charge in [0.25, 0.3) is 0 Å². The van der Waals surface area contributed by atoms with E-state index in [1.54, 1.807) is 0 Å². The molecule has 0 fully saturated rings. The van der Waals surface area contributed by atoms with Crippen LogP contribution in [0.1, 0.15) is 25.2 Å². The summed E-state index contributed by atoms with van der Waals surface area (Å²) in [5, 5.41) is 0. The van der Waals surface area contributed by atoms with Gasteiger partial charge in [0.15, 0.2) is 0 Å². The van der Waals surface area contributed by atoms with E-state index >= 15 is 0 Å². The minimum atomic E-state index is 0.408. The number of nitrogens with two attached hydrogens (primary N) is 1. The van der Waals surface area contributed by atoms with E-state index in [2.05, 4.69) is 28.7 Å². The fourth-order valence-corrected chi connectivity index (χ4v) is 1.27. The van der Waals surface area contributed by atoms with Gasteiger partial charge in [0.2, 0.25) is 0 Å². The van der Waals surface area contributed by atoms with Crippen molar-refractivity contribution in [2.24, 2.45) is 5.73 Å². The van der Waals surface area contributed by atoms with Crippen molar-refractivity contribution >= 4 is 0 Å². The molecule has 0 aromatic carbocycles. The fraction of sp³-hybridized carbons (Fsp3) is 0.600. The summed E-state index contributed by atoms with van der Waals surface area (Å²) in [6.07, 6.45) is 3.71. The zero-order valence-electron chi connectivity index (χ0n) is 8.90. The SMILES string of the molecule is CCN(CC)Cc1cnc(CN)nc1. The zero-order chi connectivity index (χ0) is 10.4. The van der Waals surface area contributed by atoms with Gasteiger partial charge in [-0.25, -0.2) is 9.97 Å². The molecule has 1 aromatic rings. The third kappa shape index (κ3) is 3.05. The fourth-order valence-electron chi connectivity index (χ4n) is 1.27. The Kier molecular flexibility index (Phi) is 4.49. The maximum atomic E-state index is 5.42. The van der Waals surface area contributed by atoms with Gasteiger partial charge in [0, 0.05) is 24.5 Å². The van der Waals surface area contributed by atoms with Crippen LogP contribution in [-0.4, -0.2) is 28.0 Å². The lowest BCUT2D eigenvalue weighted by Gasteiger charge is -2.17. The molecule has 4 nitrogen and oxygen atoms in total. The van der Waals surface area contributed by atoms with Crippen LogP contribution in [0.3, 0.4) is 0 Å². The lowest BCUT2D eigenvalue weighted by atomic mass is 10.3. The van der Waals surface area contributed by atoms with Crippen molar-refractivity contribution < 1.29 is 0 Å². The number of aromatic nitrogens is 2. The molecular formula is C10H18N4.